The maximum Gasteiger partial charge on any atom is 0.341 e. The second kappa shape index (κ2) is 4.20. The summed E-state index contributed by atoms with van der Waals surface area (Å²) in [6, 6.07) is 1.67. The Morgan fingerprint density at radius 3 is 3.27 bits per heavy atom. The van der Waals surface area contributed by atoms with E-state index in [0.29, 0.717) is 5.06 Å². The minimum Gasteiger partial charge on any atom is -0.329 e. The first-order valence-corrected chi connectivity index (χ1v) is 5.86. The van der Waals surface area contributed by atoms with Gasteiger partial charge in [-0.2, -0.15) is 0 Å². The number of carbonyl (C=O) groups is 1. The molecule has 1 aliphatic rings. The van der Waals surface area contributed by atoms with E-state index in [-0.39, 0.29) is 6.04 Å². The van der Waals surface area contributed by atoms with Crippen molar-refractivity contribution in [3.8, 4) is 0 Å². The van der Waals surface area contributed by atoms with Crippen molar-refractivity contribution >= 4 is 17.4 Å². The van der Waals surface area contributed by atoms with Crippen LogP contribution in [0.5, 0.6) is 0 Å². The highest BCUT2D eigenvalue weighted by Crippen LogP contribution is 2.33. The summed E-state index contributed by atoms with van der Waals surface area (Å²) in [5.74, 6) is 0. The van der Waals surface area contributed by atoms with Crippen molar-refractivity contribution < 1.29 is 10.0 Å². The lowest BCUT2D eigenvalue weighted by Gasteiger charge is -2.24. The third-order valence-corrected chi connectivity index (χ3v) is 3.64. The topological polar surface area (TPSA) is 52.6 Å². The Labute approximate surface area is 92.5 Å². The van der Waals surface area contributed by atoms with Gasteiger partial charge >= 0.3 is 6.03 Å². The molecule has 4 nitrogen and oxygen atoms in total. The summed E-state index contributed by atoms with van der Waals surface area (Å²) in [7, 11) is 1.33. The van der Waals surface area contributed by atoms with Crippen LogP contribution in [-0.2, 0) is 6.42 Å². The van der Waals surface area contributed by atoms with Gasteiger partial charge in [0.15, 0.2) is 0 Å². The summed E-state index contributed by atoms with van der Waals surface area (Å²) < 4.78 is 0. The highest BCUT2D eigenvalue weighted by molar-refractivity contribution is 7.10. The van der Waals surface area contributed by atoms with Crippen LogP contribution >= 0.6 is 11.3 Å². The average molecular weight is 226 g/mol. The Bertz CT molecular complexity index is 362. The largest absolute Gasteiger partial charge is 0.341 e. The Balaban J connectivity index is 2.10. The molecule has 1 atom stereocenters. The fourth-order valence-corrected chi connectivity index (χ4v) is 2.87. The van der Waals surface area contributed by atoms with Gasteiger partial charge in [-0.3, -0.25) is 5.21 Å². The van der Waals surface area contributed by atoms with Gasteiger partial charge in [0.05, 0.1) is 6.04 Å². The summed E-state index contributed by atoms with van der Waals surface area (Å²) in [5.41, 5.74) is 1.21. The van der Waals surface area contributed by atoms with Gasteiger partial charge in [0.25, 0.3) is 0 Å². The van der Waals surface area contributed by atoms with Crippen molar-refractivity contribution in [1.29, 1.82) is 0 Å². The lowest BCUT2D eigenvalue weighted by molar-refractivity contribution is -0.0196. The molecule has 2 amide bonds. The molecule has 1 heterocycles. The fraction of sp³-hybridized carbons (Fsp3) is 0.500. The van der Waals surface area contributed by atoms with Gasteiger partial charge in [0.1, 0.15) is 0 Å². The molecule has 0 aliphatic heterocycles. The normalized spacial score (nSPS) is 19.5. The smallest absolute Gasteiger partial charge is 0.329 e. The molecule has 2 N–H and O–H groups in total. The molecule has 1 aromatic heterocycles. The summed E-state index contributed by atoms with van der Waals surface area (Å²) >= 11 is 1.74. The van der Waals surface area contributed by atoms with Crippen molar-refractivity contribution in [2.45, 2.75) is 25.3 Å². The summed E-state index contributed by atoms with van der Waals surface area (Å²) in [4.78, 5) is 12.7. The molecule has 0 aromatic carbocycles. The highest BCUT2D eigenvalue weighted by atomic mass is 32.1. The van der Waals surface area contributed by atoms with E-state index in [2.05, 4.69) is 16.8 Å². The molecule has 0 bridgehead atoms. The number of nitrogens with zero attached hydrogens (tertiary/aromatic N) is 1. The zero-order valence-electron chi connectivity index (χ0n) is 8.56. The van der Waals surface area contributed by atoms with Gasteiger partial charge < -0.3 is 5.32 Å². The number of hydrogen-bond donors (Lipinski definition) is 2. The van der Waals surface area contributed by atoms with Crippen molar-refractivity contribution in [2.75, 3.05) is 7.05 Å². The van der Waals surface area contributed by atoms with Gasteiger partial charge in [0, 0.05) is 11.9 Å². The van der Waals surface area contributed by atoms with E-state index in [4.69, 9.17) is 5.21 Å². The van der Waals surface area contributed by atoms with Gasteiger partial charge in [-0.05, 0) is 36.3 Å². The number of urea groups is 1. The zero-order chi connectivity index (χ0) is 10.8. The first-order valence-electron chi connectivity index (χ1n) is 4.98. The lowest BCUT2D eigenvalue weighted by atomic mass is 9.94. The number of hydrogen-bond acceptors (Lipinski definition) is 3. The SMILES string of the molecule is CN(O)C(=O)NC1CCCc2sccc21. The second-order valence-electron chi connectivity index (χ2n) is 3.72. The standard InChI is InChI=1S/C10H14N2O2S/c1-12(14)10(13)11-8-3-2-4-9-7(8)5-6-15-9/h5-6,8,14H,2-4H2,1H3,(H,11,13). The minimum absolute atomic E-state index is 0.0575. The van der Waals surface area contributed by atoms with E-state index in [1.807, 2.05) is 0 Å². The van der Waals surface area contributed by atoms with Crippen molar-refractivity contribution in [3.63, 3.8) is 0 Å². The van der Waals surface area contributed by atoms with Crippen LogP contribution in [0.2, 0.25) is 0 Å². The van der Waals surface area contributed by atoms with Crippen LogP contribution in [0.3, 0.4) is 0 Å². The average Bonchev–Trinajstić information content (AvgIpc) is 2.66. The van der Waals surface area contributed by atoms with Crippen molar-refractivity contribution in [1.82, 2.24) is 10.4 Å². The maximum absolute atomic E-state index is 11.3. The number of nitrogens with one attached hydrogen (secondary N) is 1. The van der Waals surface area contributed by atoms with Crippen LogP contribution in [-0.4, -0.2) is 23.3 Å². The molecule has 15 heavy (non-hydrogen) atoms. The third kappa shape index (κ3) is 2.13. The van der Waals surface area contributed by atoms with Crippen LogP contribution in [0.15, 0.2) is 11.4 Å². The number of fused-ring (bicyclic) bond motifs is 1. The highest BCUT2D eigenvalue weighted by Gasteiger charge is 2.23. The van der Waals surface area contributed by atoms with Gasteiger partial charge in [-0.15, -0.1) is 11.3 Å². The lowest BCUT2D eigenvalue weighted by Crippen LogP contribution is -2.38. The molecular weight excluding hydrogens is 212 g/mol. The predicted octanol–water partition coefficient (Wildman–Crippen LogP) is 2.16. The molecule has 1 aromatic rings. The summed E-state index contributed by atoms with van der Waals surface area (Å²) in [6.07, 6.45) is 3.14. The number of amides is 2. The van der Waals surface area contributed by atoms with Crippen LogP contribution in [0.1, 0.15) is 29.3 Å². The van der Waals surface area contributed by atoms with Crippen molar-refractivity contribution in [2.24, 2.45) is 0 Å². The Kier molecular flexibility index (Phi) is 2.93. The number of hydroxylamine groups is 2. The first kappa shape index (κ1) is 10.4. The summed E-state index contributed by atoms with van der Waals surface area (Å²) in [6.45, 7) is 0. The Morgan fingerprint density at radius 1 is 1.73 bits per heavy atom. The van der Waals surface area contributed by atoms with Crippen LogP contribution in [0.25, 0.3) is 0 Å². The molecule has 82 valence electrons. The van der Waals surface area contributed by atoms with Crippen LogP contribution in [0, 0.1) is 0 Å². The molecule has 0 saturated carbocycles. The molecule has 5 heteroatoms. The summed E-state index contributed by atoms with van der Waals surface area (Å²) in [5, 5.41) is 14.4. The van der Waals surface area contributed by atoms with E-state index in [1.54, 1.807) is 11.3 Å². The van der Waals surface area contributed by atoms with Crippen LogP contribution < -0.4 is 5.32 Å². The zero-order valence-corrected chi connectivity index (χ0v) is 9.38. The fourth-order valence-electron chi connectivity index (χ4n) is 1.88. The predicted molar refractivity (Wildman–Crippen MR) is 58.1 cm³/mol. The molecule has 1 aliphatic carbocycles. The second-order valence-corrected chi connectivity index (χ2v) is 4.72. The number of rotatable bonds is 1. The molecule has 1 unspecified atom stereocenters. The van der Waals surface area contributed by atoms with Crippen molar-refractivity contribution in [3.05, 3.63) is 21.9 Å². The van der Waals surface area contributed by atoms with Crippen LogP contribution in [0.4, 0.5) is 4.79 Å². The van der Waals surface area contributed by atoms with E-state index in [1.165, 1.54) is 17.5 Å². The maximum atomic E-state index is 11.3. The number of carbonyl (C=O) groups excluding carboxylic acids is 1. The molecule has 0 spiro atoms. The van der Waals surface area contributed by atoms with Gasteiger partial charge in [-0.25, -0.2) is 9.86 Å². The molecule has 0 radical (unpaired) electrons. The number of thiophene rings is 1. The molecule has 0 fully saturated rings. The number of aryl methyl sites for hydroxylation is 1. The quantitative estimate of drug-likeness (QED) is 0.569. The monoisotopic (exact) mass is 226 g/mol. The molecule has 0 saturated heterocycles. The van der Waals surface area contributed by atoms with Gasteiger partial charge in [-0.1, -0.05) is 0 Å². The van der Waals surface area contributed by atoms with E-state index < -0.39 is 6.03 Å². The first-order chi connectivity index (χ1) is 7.18. The van der Waals surface area contributed by atoms with E-state index >= 15 is 0 Å². The van der Waals surface area contributed by atoms with Gasteiger partial charge in [0.2, 0.25) is 0 Å². The minimum atomic E-state index is -0.445. The molecule has 2 rings (SSSR count). The van der Waals surface area contributed by atoms with E-state index in [0.717, 1.165) is 19.3 Å². The Morgan fingerprint density at radius 2 is 2.53 bits per heavy atom. The molecular formula is C10H14N2O2S. The Hall–Kier alpha value is -1.07. The van der Waals surface area contributed by atoms with E-state index in [9.17, 15) is 4.79 Å². The third-order valence-electron chi connectivity index (χ3n) is 2.64.